The molecule has 0 aliphatic rings. The van der Waals surface area contributed by atoms with Crippen molar-refractivity contribution in [3.05, 3.63) is 90.5 Å². The summed E-state index contributed by atoms with van der Waals surface area (Å²) in [4.78, 5) is 28.8. The van der Waals surface area contributed by atoms with E-state index < -0.39 is 0 Å². The molecule has 5 nitrogen and oxygen atoms in total. The molecule has 0 aliphatic heterocycles. The molecule has 2 amide bonds. The Bertz CT molecular complexity index is 958. The summed E-state index contributed by atoms with van der Waals surface area (Å²) in [6.07, 6.45) is 0. The zero-order valence-electron chi connectivity index (χ0n) is 16.7. The minimum absolute atomic E-state index is 0.0626. The minimum atomic E-state index is -0.0740. The zero-order valence-corrected chi connectivity index (χ0v) is 16.7. The first-order valence-corrected chi connectivity index (χ1v) is 9.62. The van der Waals surface area contributed by atoms with Crippen LogP contribution >= 0.6 is 0 Å². The van der Waals surface area contributed by atoms with Gasteiger partial charge in [-0.05, 0) is 49.4 Å². The lowest BCUT2D eigenvalue weighted by Gasteiger charge is -2.21. The quantitative estimate of drug-likeness (QED) is 0.653. The summed E-state index contributed by atoms with van der Waals surface area (Å²) < 4.78 is 0. The summed E-state index contributed by atoms with van der Waals surface area (Å²) in [5, 5.41) is 3.13. The van der Waals surface area contributed by atoms with Gasteiger partial charge in [-0.1, -0.05) is 42.5 Å². The fourth-order valence-electron chi connectivity index (χ4n) is 3.06. The van der Waals surface area contributed by atoms with E-state index >= 15 is 0 Å². The number of hydrogen-bond donors (Lipinski definition) is 1. The highest BCUT2D eigenvalue weighted by atomic mass is 16.2. The molecule has 0 saturated heterocycles. The summed E-state index contributed by atoms with van der Waals surface area (Å²) in [6, 6.07) is 26.3. The van der Waals surface area contributed by atoms with Gasteiger partial charge in [0.1, 0.15) is 0 Å². The molecule has 0 heterocycles. The molecule has 0 aromatic heterocycles. The highest BCUT2D eigenvalue weighted by Crippen LogP contribution is 2.19. The predicted octanol–water partition coefficient (Wildman–Crippen LogP) is 4.43. The Morgan fingerprint density at radius 3 is 2.07 bits per heavy atom. The second-order valence-electron chi connectivity index (χ2n) is 6.61. The summed E-state index contributed by atoms with van der Waals surface area (Å²) in [6.45, 7) is 2.66. The summed E-state index contributed by atoms with van der Waals surface area (Å²) in [7, 11) is 1.75. The highest BCUT2D eigenvalue weighted by molar-refractivity contribution is 6.06. The van der Waals surface area contributed by atoms with Crippen LogP contribution in [-0.2, 0) is 4.79 Å². The van der Waals surface area contributed by atoms with Crippen LogP contribution in [-0.4, -0.2) is 32.0 Å². The molecule has 148 valence electrons. The fourth-order valence-corrected chi connectivity index (χ4v) is 3.06. The van der Waals surface area contributed by atoms with Crippen LogP contribution in [0.1, 0.15) is 17.3 Å². The van der Waals surface area contributed by atoms with Crippen molar-refractivity contribution >= 4 is 28.9 Å². The zero-order chi connectivity index (χ0) is 20.6. The number of nitrogens with zero attached hydrogens (tertiary/aromatic N) is 2. The second kappa shape index (κ2) is 9.55. The first-order valence-electron chi connectivity index (χ1n) is 9.62. The molecule has 0 bridgehead atoms. The van der Waals surface area contributed by atoms with Gasteiger partial charge in [-0.25, -0.2) is 0 Å². The van der Waals surface area contributed by atoms with Gasteiger partial charge in [0.25, 0.3) is 5.91 Å². The SMILES string of the molecule is CCN(C(=O)c1cccc(NCC(=O)N(C)c2ccccc2)c1)c1ccccc1. The van der Waals surface area contributed by atoms with Crippen LogP contribution < -0.4 is 15.1 Å². The van der Waals surface area contributed by atoms with E-state index in [2.05, 4.69) is 5.32 Å². The first-order chi connectivity index (χ1) is 14.1. The van der Waals surface area contributed by atoms with Gasteiger partial charge >= 0.3 is 0 Å². The van der Waals surface area contributed by atoms with E-state index in [1.807, 2.05) is 79.7 Å². The van der Waals surface area contributed by atoms with Gasteiger partial charge in [0.05, 0.1) is 6.54 Å². The van der Waals surface area contributed by atoms with E-state index in [4.69, 9.17) is 0 Å². The molecule has 0 saturated carbocycles. The minimum Gasteiger partial charge on any atom is -0.376 e. The number of carbonyl (C=O) groups excluding carboxylic acids is 2. The predicted molar refractivity (Wildman–Crippen MR) is 119 cm³/mol. The van der Waals surface area contributed by atoms with Gasteiger partial charge in [0.15, 0.2) is 0 Å². The van der Waals surface area contributed by atoms with Crippen molar-refractivity contribution in [1.29, 1.82) is 0 Å². The topological polar surface area (TPSA) is 52.7 Å². The molecule has 3 aromatic rings. The number of amides is 2. The van der Waals surface area contributed by atoms with Gasteiger partial charge in [-0.3, -0.25) is 9.59 Å². The van der Waals surface area contributed by atoms with Crippen molar-refractivity contribution in [2.45, 2.75) is 6.92 Å². The van der Waals surface area contributed by atoms with Gasteiger partial charge < -0.3 is 15.1 Å². The monoisotopic (exact) mass is 387 g/mol. The first kappa shape index (κ1) is 20.1. The second-order valence-corrected chi connectivity index (χ2v) is 6.61. The average molecular weight is 387 g/mol. The molecular weight excluding hydrogens is 362 g/mol. The van der Waals surface area contributed by atoms with Crippen LogP contribution in [0.3, 0.4) is 0 Å². The summed E-state index contributed by atoms with van der Waals surface area (Å²) in [5.41, 5.74) is 3.00. The Labute approximate surface area is 171 Å². The van der Waals surface area contributed by atoms with Crippen LogP contribution in [0.25, 0.3) is 0 Å². The Kier molecular flexibility index (Phi) is 6.63. The maximum atomic E-state index is 13.0. The van der Waals surface area contributed by atoms with Gasteiger partial charge in [0.2, 0.25) is 5.91 Å². The lowest BCUT2D eigenvalue weighted by molar-refractivity contribution is -0.116. The van der Waals surface area contributed by atoms with Gasteiger partial charge in [0, 0.05) is 36.2 Å². The number of likely N-dealkylation sites (N-methyl/N-ethyl adjacent to an activating group) is 1. The Balaban J connectivity index is 1.68. The van der Waals surface area contributed by atoms with Crippen molar-refractivity contribution in [2.75, 3.05) is 35.3 Å². The summed E-state index contributed by atoms with van der Waals surface area (Å²) in [5.74, 6) is -0.137. The lowest BCUT2D eigenvalue weighted by atomic mass is 10.1. The maximum Gasteiger partial charge on any atom is 0.258 e. The number of hydrogen-bond acceptors (Lipinski definition) is 3. The third-order valence-electron chi connectivity index (χ3n) is 4.70. The number of nitrogens with one attached hydrogen (secondary N) is 1. The van der Waals surface area contributed by atoms with E-state index in [0.717, 1.165) is 17.1 Å². The van der Waals surface area contributed by atoms with Crippen LogP contribution in [0.5, 0.6) is 0 Å². The number of anilines is 3. The molecule has 0 fully saturated rings. The number of para-hydroxylation sites is 2. The average Bonchev–Trinajstić information content (AvgIpc) is 2.79. The standard InChI is InChI=1S/C24H25N3O2/c1-3-27(22-15-8-5-9-16-22)24(29)19-11-10-12-20(17-19)25-18-23(28)26(2)21-13-6-4-7-14-21/h4-17,25H,3,18H2,1-2H3. The maximum absolute atomic E-state index is 13.0. The molecule has 0 unspecified atom stereocenters. The Hall–Kier alpha value is -3.60. The largest absolute Gasteiger partial charge is 0.376 e. The molecule has 3 aromatic carbocycles. The molecule has 5 heteroatoms. The smallest absolute Gasteiger partial charge is 0.258 e. The van der Waals surface area contributed by atoms with E-state index in [9.17, 15) is 9.59 Å². The van der Waals surface area contributed by atoms with E-state index in [1.54, 1.807) is 29.0 Å². The molecule has 29 heavy (non-hydrogen) atoms. The van der Waals surface area contributed by atoms with Crippen molar-refractivity contribution in [2.24, 2.45) is 0 Å². The van der Waals surface area contributed by atoms with Crippen LogP contribution in [0, 0.1) is 0 Å². The van der Waals surface area contributed by atoms with Crippen LogP contribution in [0.2, 0.25) is 0 Å². The van der Waals surface area contributed by atoms with Crippen LogP contribution in [0.15, 0.2) is 84.9 Å². The van der Waals surface area contributed by atoms with E-state index in [1.165, 1.54) is 0 Å². The van der Waals surface area contributed by atoms with Crippen LogP contribution in [0.4, 0.5) is 17.1 Å². The normalized spacial score (nSPS) is 10.3. The van der Waals surface area contributed by atoms with Crippen molar-refractivity contribution in [3.63, 3.8) is 0 Å². The molecular formula is C24H25N3O2. The number of carbonyl (C=O) groups is 2. The summed E-state index contributed by atoms with van der Waals surface area (Å²) >= 11 is 0. The number of benzene rings is 3. The fraction of sp³-hybridized carbons (Fsp3) is 0.167. The van der Waals surface area contributed by atoms with E-state index in [0.29, 0.717) is 12.1 Å². The van der Waals surface area contributed by atoms with Gasteiger partial charge in [-0.2, -0.15) is 0 Å². The lowest BCUT2D eigenvalue weighted by Crippen LogP contribution is -2.32. The third-order valence-corrected chi connectivity index (χ3v) is 4.70. The molecule has 0 aliphatic carbocycles. The number of rotatable bonds is 7. The van der Waals surface area contributed by atoms with Gasteiger partial charge in [-0.15, -0.1) is 0 Å². The molecule has 0 atom stereocenters. The molecule has 0 radical (unpaired) electrons. The van der Waals surface area contributed by atoms with Crippen molar-refractivity contribution in [3.8, 4) is 0 Å². The Morgan fingerprint density at radius 2 is 1.45 bits per heavy atom. The Morgan fingerprint density at radius 1 is 0.828 bits per heavy atom. The molecule has 0 spiro atoms. The molecule has 3 rings (SSSR count). The molecule has 1 N–H and O–H groups in total. The third kappa shape index (κ3) is 5.02. The van der Waals surface area contributed by atoms with Crippen molar-refractivity contribution < 1.29 is 9.59 Å². The van der Waals surface area contributed by atoms with Crippen molar-refractivity contribution in [1.82, 2.24) is 0 Å². The highest BCUT2D eigenvalue weighted by Gasteiger charge is 2.16. The van der Waals surface area contributed by atoms with E-state index in [-0.39, 0.29) is 18.4 Å².